The molecule has 3 rings (SSSR count). The number of para-hydroxylation sites is 1. The lowest BCUT2D eigenvalue weighted by molar-refractivity contribution is 0.499. The molecule has 0 spiro atoms. The standard InChI is InChI=1S/C14H17N3/c1-14(7-8-15-10-14)13-9-16-11-17(13)12-5-3-2-4-6-12/h2-6,9,11,15H,7-8,10H2,1H3. The summed E-state index contributed by atoms with van der Waals surface area (Å²) < 4.78 is 2.20. The molecule has 17 heavy (non-hydrogen) atoms. The third-order valence-corrected chi connectivity index (χ3v) is 3.66. The highest BCUT2D eigenvalue weighted by Crippen LogP contribution is 2.31. The minimum atomic E-state index is 0.201. The number of nitrogens with zero attached hydrogens (tertiary/aromatic N) is 2. The summed E-state index contributed by atoms with van der Waals surface area (Å²) in [5, 5.41) is 3.44. The molecule has 1 N–H and O–H groups in total. The number of nitrogens with one attached hydrogen (secondary N) is 1. The maximum absolute atomic E-state index is 4.32. The number of rotatable bonds is 2. The van der Waals surface area contributed by atoms with Crippen LogP contribution in [0.2, 0.25) is 0 Å². The lowest BCUT2D eigenvalue weighted by Crippen LogP contribution is -2.27. The smallest absolute Gasteiger partial charge is 0.0994 e. The Morgan fingerprint density at radius 3 is 2.82 bits per heavy atom. The molecule has 1 aromatic heterocycles. The molecular formula is C14H17N3. The van der Waals surface area contributed by atoms with Crippen molar-refractivity contribution in [2.24, 2.45) is 0 Å². The number of hydrogen-bond donors (Lipinski definition) is 1. The van der Waals surface area contributed by atoms with Gasteiger partial charge in [-0.05, 0) is 25.1 Å². The Balaban J connectivity index is 2.05. The zero-order valence-electron chi connectivity index (χ0n) is 10.1. The van der Waals surface area contributed by atoms with Gasteiger partial charge in [0.25, 0.3) is 0 Å². The largest absolute Gasteiger partial charge is 0.316 e. The maximum Gasteiger partial charge on any atom is 0.0994 e. The molecular weight excluding hydrogens is 210 g/mol. The highest BCUT2D eigenvalue weighted by molar-refractivity contribution is 5.35. The van der Waals surface area contributed by atoms with E-state index in [0.29, 0.717) is 0 Å². The topological polar surface area (TPSA) is 29.9 Å². The van der Waals surface area contributed by atoms with Crippen molar-refractivity contribution in [1.82, 2.24) is 14.9 Å². The first-order valence-electron chi connectivity index (χ1n) is 6.09. The van der Waals surface area contributed by atoms with Gasteiger partial charge in [-0.2, -0.15) is 0 Å². The fourth-order valence-corrected chi connectivity index (χ4v) is 2.57. The third kappa shape index (κ3) is 1.76. The quantitative estimate of drug-likeness (QED) is 0.851. The molecule has 88 valence electrons. The van der Waals surface area contributed by atoms with Crippen molar-refractivity contribution in [2.75, 3.05) is 13.1 Å². The Morgan fingerprint density at radius 2 is 2.12 bits per heavy atom. The summed E-state index contributed by atoms with van der Waals surface area (Å²) in [6.07, 6.45) is 5.08. The first kappa shape index (κ1) is 10.5. The van der Waals surface area contributed by atoms with Crippen LogP contribution in [-0.2, 0) is 5.41 Å². The molecule has 3 heteroatoms. The summed E-state index contributed by atoms with van der Waals surface area (Å²) in [6.45, 7) is 4.44. The number of benzene rings is 1. The fourth-order valence-electron chi connectivity index (χ4n) is 2.57. The van der Waals surface area contributed by atoms with Crippen LogP contribution in [0, 0.1) is 0 Å². The second kappa shape index (κ2) is 4.00. The van der Waals surface area contributed by atoms with Gasteiger partial charge in [0.15, 0.2) is 0 Å². The second-order valence-corrected chi connectivity index (χ2v) is 4.97. The predicted molar refractivity (Wildman–Crippen MR) is 68.4 cm³/mol. The van der Waals surface area contributed by atoms with Crippen LogP contribution in [0.1, 0.15) is 19.0 Å². The van der Waals surface area contributed by atoms with Gasteiger partial charge in [0.2, 0.25) is 0 Å². The van der Waals surface area contributed by atoms with Gasteiger partial charge in [-0.15, -0.1) is 0 Å². The lowest BCUT2D eigenvalue weighted by atomic mass is 9.86. The first-order valence-corrected chi connectivity index (χ1v) is 6.09. The molecule has 1 unspecified atom stereocenters. The Kier molecular flexibility index (Phi) is 2.48. The van der Waals surface area contributed by atoms with Crippen LogP contribution in [0.4, 0.5) is 0 Å². The normalized spacial score (nSPS) is 24.1. The van der Waals surface area contributed by atoms with Crippen molar-refractivity contribution in [3.8, 4) is 5.69 Å². The zero-order chi connectivity index (χ0) is 11.7. The molecule has 1 aromatic carbocycles. The van der Waals surface area contributed by atoms with Gasteiger partial charge in [-0.25, -0.2) is 4.98 Å². The SMILES string of the molecule is CC1(c2cncn2-c2ccccc2)CCNC1. The van der Waals surface area contributed by atoms with E-state index < -0.39 is 0 Å². The molecule has 1 aliphatic heterocycles. The van der Waals surface area contributed by atoms with E-state index in [9.17, 15) is 0 Å². The molecule has 1 saturated heterocycles. The van der Waals surface area contributed by atoms with Gasteiger partial charge in [0, 0.05) is 29.5 Å². The molecule has 0 amide bonds. The molecule has 2 aromatic rings. The Hall–Kier alpha value is -1.61. The summed E-state index contributed by atoms with van der Waals surface area (Å²) in [4.78, 5) is 4.32. The van der Waals surface area contributed by atoms with E-state index in [1.54, 1.807) is 0 Å². The Morgan fingerprint density at radius 1 is 1.29 bits per heavy atom. The average molecular weight is 227 g/mol. The Bertz CT molecular complexity index is 495. The summed E-state index contributed by atoms with van der Waals surface area (Å²) in [5.74, 6) is 0. The molecule has 3 nitrogen and oxygen atoms in total. The third-order valence-electron chi connectivity index (χ3n) is 3.66. The highest BCUT2D eigenvalue weighted by Gasteiger charge is 2.33. The van der Waals surface area contributed by atoms with Crippen LogP contribution < -0.4 is 5.32 Å². The number of hydrogen-bond acceptors (Lipinski definition) is 2. The summed E-state index contributed by atoms with van der Waals surface area (Å²) in [5.41, 5.74) is 2.69. The van der Waals surface area contributed by atoms with E-state index in [0.717, 1.165) is 13.1 Å². The van der Waals surface area contributed by atoms with E-state index in [-0.39, 0.29) is 5.41 Å². The summed E-state index contributed by atoms with van der Waals surface area (Å²) in [6, 6.07) is 10.4. The van der Waals surface area contributed by atoms with Gasteiger partial charge in [0.1, 0.15) is 0 Å². The van der Waals surface area contributed by atoms with Crippen molar-refractivity contribution in [3.05, 3.63) is 48.5 Å². The van der Waals surface area contributed by atoms with E-state index in [1.807, 2.05) is 18.6 Å². The van der Waals surface area contributed by atoms with Crippen molar-refractivity contribution in [1.29, 1.82) is 0 Å². The molecule has 0 bridgehead atoms. The molecule has 0 radical (unpaired) electrons. The van der Waals surface area contributed by atoms with E-state index in [2.05, 4.69) is 46.1 Å². The van der Waals surface area contributed by atoms with E-state index in [1.165, 1.54) is 17.8 Å². The van der Waals surface area contributed by atoms with Crippen LogP contribution in [0.25, 0.3) is 5.69 Å². The van der Waals surface area contributed by atoms with Crippen LogP contribution in [-0.4, -0.2) is 22.6 Å². The van der Waals surface area contributed by atoms with Crippen LogP contribution in [0.5, 0.6) is 0 Å². The highest BCUT2D eigenvalue weighted by atomic mass is 15.1. The number of imidazole rings is 1. The van der Waals surface area contributed by atoms with Crippen LogP contribution in [0.3, 0.4) is 0 Å². The van der Waals surface area contributed by atoms with E-state index in [4.69, 9.17) is 0 Å². The number of aromatic nitrogens is 2. The van der Waals surface area contributed by atoms with Gasteiger partial charge < -0.3 is 9.88 Å². The minimum Gasteiger partial charge on any atom is -0.316 e. The predicted octanol–water partition coefficient (Wildman–Crippen LogP) is 2.12. The van der Waals surface area contributed by atoms with Crippen molar-refractivity contribution >= 4 is 0 Å². The van der Waals surface area contributed by atoms with Crippen molar-refractivity contribution in [3.63, 3.8) is 0 Å². The van der Waals surface area contributed by atoms with Gasteiger partial charge >= 0.3 is 0 Å². The molecule has 1 fully saturated rings. The van der Waals surface area contributed by atoms with Gasteiger partial charge in [-0.3, -0.25) is 0 Å². The molecule has 0 aliphatic carbocycles. The second-order valence-electron chi connectivity index (χ2n) is 4.97. The van der Waals surface area contributed by atoms with Gasteiger partial charge in [-0.1, -0.05) is 25.1 Å². The summed E-state index contributed by atoms with van der Waals surface area (Å²) in [7, 11) is 0. The molecule has 0 saturated carbocycles. The Labute approximate surface area is 101 Å². The zero-order valence-corrected chi connectivity index (χ0v) is 10.1. The minimum absolute atomic E-state index is 0.201. The monoisotopic (exact) mass is 227 g/mol. The van der Waals surface area contributed by atoms with Crippen LogP contribution >= 0.6 is 0 Å². The molecule has 2 heterocycles. The lowest BCUT2D eigenvalue weighted by Gasteiger charge is -2.24. The van der Waals surface area contributed by atoms with Crippen molar-refractivity contribution < 1.29 is 0 Å². The molecule has 1 aliphatic rings. The van der Waals surface area contributed by atoms with Crippen LogP contribution in [0.15, 0.2) is 42.9 Å². The first-order chi connectivity index (χ1) is 8.30. The van der Waals surface area contributed by atoms with Gasteiger partial charge in [0.05, 0.1) is 6.33 Å². The maximum atomic E-state index is 4.32. The average Bonchev–Trinajstić information content (AvgIpc) is 2.99. The summed E-state index contributed by atoms with van der Waals surface area (Å²) >= 11 is 0. The van der Waals surface area contributed by atoms with Crippen molar-refractivity contribution in [2.45, 2.75) is 18.8 Å². The van der Waals surface area contributed by atoms with E-state index >= 15 is 0 Å². The molecule has 1 atom stereocenters. The fraction of sp³-hybridized carbons (Fsp3) is 0.357.